The number of aryl methyl sites for hydroxylation is 2. The van der Waals surface area contributed by atoms with E-state index in [2.05, 4.69) is 107 Å². The Labute approximate surface area is 246 Å². The summed E-state index contributed by atoms with van der Waals surface area (Å²) in [7, 11) is 0. The van der Waals surface area contributed by atoms with E-state index in [-0.39, 0.29) is 33.6 Å². The van der Waals surface area contributed by atoms with Gasteiger partial charge in [0.05, 0.1) is 0 Å². The van der Waals surface area contributed by atoms with Crippen molar-refractivity contribution in [1.82, 2.24) is 0 Å². The molecule has 200 valence electrons. The Morgan fingerprint density at radius 1 is 0.250 bits per heavy atom. The maximum Gasteiger partial charge on any atom is 0 e. The zero-order valence-corrected chi connectivity index (χ0v) is 26.5. The number of rotatable bonds is 0. The number of hydrogen-bond acceptors (Lipinski definition) is 0. The van der Waals surface area contributed by atoms with Crippen molar-refractivity contribution in [2.75, 3.05) is 0 Å². The molecular weight excluding hydrogens is 526 g/mol. The van der Waals surface area contributed by atoms with Crippen LogP contribution in [0.5, 0.6) is 0 Å². The Kier molecular flexibility index (Phi) is 19.5. The third kappa shape index (κ3) is 11.5. The Balaban J connectivity index is 0. The molecule has 12 radical (unpaired) electrons. The third-order valence-electron chi connectivity index (χ3n) is 7.51. The Morgan fingerprint density at radius 3 is 0.472 bits per heavy atom. The van der Waals surface area contributed by atoms with E-state index in [0.29, 0.717) is 0 Å². The van der Waals surface area contributed by atoms with Crippen LogP contribution in [-0.4, -0.2) is 0 Å². The number of benzene rings is 2. The molecule has 2 fully saturated rings. The summed E-state index contributed by atoms with van der Waals surface area (Å²) in [6, 6.07) is 20.5. The van der Waals surface area contributed by atoms with Crippen LogP contribution in [0.2, 0.25) is 0 Å². The van der Waals surface area contributed by atoms with Crippen LogP contribution in [0.1, 0.15) is 80.4 Å². The zero-order chi connectivity index (χ0) is 26.0. The minimum absolute atomic E-state index is 0. The van der Waals surface area contributed by atoms with E-state index < -0.39 is 0 Å². The molecule has 0 N–H and O–H groups in total. The molecule has 0 aliphatic heterocycles. The molecule has 2 heteroatoms. The molecule has 2 aliphatic carbocycles. The second kappa shape index (κ2) is 18.7. The molecule has 2 aromatic carbocycles. The molecule has 0 atom stereocenters. The molecule has 4 rings (SSSR count). The maximum atomic E-state index is 2.20. The van der Waals surface area contributed by atoms with Gasteiger partial charge in [-0.2, -0.15) is 0 Å². The standard InChI is InChI=1S/2C10H15.2C7H8.2Co/c2*1-6-7(2)9(4)10(5)8(6)3;2*1-7-5-3-2-4-6-7;;/h2*1-5H3;2*2-6H,1H3;;. The van der Waals surface area contributed by atoms with Gasteiger partial charge in [-0.15, -0.1) is 0 Å². The van der Waals surface area contributed by atoms with Crippen molar-refractivity contribution in [3.05, 3.63) is 131 Å². The first-order valence-corrected chi connectivity index (χ1v) is 12.3. The average molecular weight is 573 g/mol. The van der Waals surface area contributed by atoms with E-state index in [0.717, 1.165) is 0 Å². The van der Waals surface area contributed by atoms with Crippen molar-refractivity contribution in [2.24, 2.45) is 0 Å². The molecule has 0 spiro atoms. The van der Waals surface area contributed by atoms with Gasteiger partial charge in [0.1, 0.15) is 0 Å². The second-order valence-corrected chi connectivity index (χ2v) is 9.56. The third-order valence-corrected chi connectivity index (χ3v) is 7.51. The summed E-state index contributed by atoms with van der Waals surface area (Å²) in [4.78, 5) is 0. The Morgan fingerprint density at radius 2 is 0.389 bits per heavy atom. The van der Waals surface area contributed by atoms with Crippen molar-refractivity contribution in [2.45, 2.75) is 83.1 Å². The van der Waals surface area contributed by atoms with Crippen LogP contribution >= 0.6 is 0 Å². The molecule has 2 saturated carbocycles. The van der Waals surface area contributed by atoms with Gasteiger partial charge in [-0.05, 0) is 73.0 Å². The van der Waals surface area contributed by atoms with Gasteiger partial charge < -0.3 is 0 Å². The molecule has 0 saturated heterocycles. The van der Waals surface area contributed by atoms with E-state index >= 15 is 0 Å². The van der Waals surface area contributed by atoms with Gasteiger partial charge in [-0.25, -0.2) is 0 Å². The first-order valence-electron chi connectivity index (χ1n) is 12.3. The van der Waals surface area contributed by atoms with Gasteiger partial charge in [0, 0.05) is 33.6 Å². The monoisotopic (exact) mass is 572 g/mol. The van der Waals surface area contributed by atoms with Gasteiger partial charge in [0.15, 0.2) is 0 Å². The summed E-state index contributed by atoms with van der Waals surface area (Å²) < 4.78 is 0. The van der Waals surface area contributed by atoms with Crippen LogP contribution in [0.15, 0.2) is 60.7 Å². The van der Waals surface area contributed by atoms with Gasteiger partial charge in [0.25, 0.3) is 0 Å². The largest absolute Gasteiger partial charge is 0.0622 e. The molecule has 36 heavy (non-hydrogen) atoms. The van der Waals surface area contributed by atoms with Gasteiger partial charge in [0.2, 0.25) is 0 Å². The van der Waals surface area contributed by atoms with Crippen molar-refractivity contribution < 1.29 is 33.6 Å². The predicted molar refractivity (Wildman–Crippen MR) is 152 cm³/mol. The van der Waals surface area contributed by atoms with Crippen molar-refractivity contribution >= 4 is 0 Å². The van der Waals surface area contributed by atoms with Gasteiger partial charge >= 0.3 is 0 Å². The van der Waals surface area contributed by atoms with Crippen LogP contribution in [0.4, 0.5) is 0 Å². The minimum atomic E-state index is 0. The van der Waals surface area contributed by atoms with Crippen LogP contribution in [0, 0.1) is 73.0 Å². The first-order chi connectivity index (χ1) is 15.9. The summed E-state index contributed by atoms with van der Waals surface area (Å²) in [5.74, 6) is 14.7. The van der Waals surface area contributed by atoms with E-state index in [9.17, 15) is 0 Å². The predicted octanol–water partition coefficient (Wildman–Crippen LogP) is 9.93. The zero-order valence-electron chi connectivity index (χ0n) is 24.4. The summed E-state index contributed by atoms with van der Waals surface area (Å²) in [6.07, 6.45) is 0. The minimum Gasteiger partial charge on any atom is -0.0622 e. The van der Waals surface area contributed by atoms with Crippen molar-refractivity contribution in [3.63, 3.8) is 0 Å². The van der Waals surface area contributed by atoms with E-state index in [1.807, 2.05) is 36.4 Å². The average Bonchev–Trinajstić information content (AvgIpc) is 3.11. The topological polar surface area (TPSA) is 0 Å². The van der Waals surface area contributed by atoms with Crippen molar-refractivity contribution in [3.8, 4) is 0 Å². The summed E-state index contributed by atoms with van der Waals surface area (Å²) in [6.45, 7) is 26.2. The second-order valence-electron chi connectivity index (χ2n) is 9.56. The Hall–Kier alpha value is -0.547. The first kappa shape index (κ1) is 37.6. The SMILES string of the molecule is C[C]1[C](C)[C](C)[C](C)[C]1C.C[C]1[C](C)[C](C)[C](C)[C]1C.Cc1ccccc1.Cc1ccccc1.[Co].[Co]. The normalized spacial score (nSPS) is 19.2. The molecular formula is C34H46Co2. The maximum absolute atomic E-state index is 2.20. The van der Waals surface area contributed by atoms with E-state index in [4.69, 9.17) is 0 Å². The molecule has 0 nitrogen and oxygen atoms in total. The van der Waals surface area contributed by atoms with Crippen LogP contribution in [-0.2, 0) is 33.6 Å². The van der Waals surface area contributed by atoms with E-state index in [1.54, 1.807) is 0 Å². The van der Waals surface area contributed by atoms with Gasteiger partial charge in [-0.1, -0.05) is 141 Å². The summed E-state index contributed by atoms with van der Waals surface area (Å²) in [5, 5.41) is 0. The fraction of sp³-hybridized carbons (Fsp3) is 0.353. The summed E-state index contributed by atoms with van der Waals surface area (Å²) in [5.41, 5.74) is 2.64. The fourth-order valence-corrected chi connectivity index (χ4v) is 3.88. The Bertz CT molecular complexity index is 617. The molecule has 2 aromatic rings. The molecule has 0 amide bonds. The smallest absolute Gasteiger partial charge is 0 e. The van der Waals surface area contributed by atoms with Crippen LogP contribution in [0.25, 0.3) is 0 Å². The van der Waals surface area contributed by atoms with E-state index in [1.165, 1.54) is 70.3 Å². The van der Waals surface area contributed by atoms with Crippen LogP contribution in [0.3, 0.4) is 0 Å². The quantitative estimate of drug-likeness (QED) is 0.295. The van der Waals surface area contributed by atoms with Gasteiger partial charge in [-0.3, -0.25) is 0 Å². The molecule has 0 bridgehead atoms. The molecule has 0 aromatic heterocycles. The fourth-order valence-electron chi connectivity index (χ4n) is 3.88. The molecule has 0 unspecified atom stereocenters. The number of hydrogen-bond donors (Lipinski definition) is 0. The van der Waals surface area contributed by atoms with Crippen molar-refractivity contribution in [1.29, 1.82) is 0 Å². The molecule has 2 aliphatic rings. The molecule has 0 heterocycles. The van der Waals surface area contributed by atoms with Crippen LogP contribution < -0.4 is 0 Å². The summed E-state index contributed by atoms with van der Waals surface area (Å²) >= 11 is 0.